The van der Waals surface area contributed by atoms with Gasteiger partial charge < -0.3 is 4.90 Å². The SMILES string of the molecule is CCC(Br)C(=O)N(C)Cc1cccc(F)c1. The highest BCUT2D eigenvalue weighted by Crippen LogP contribution is 2.11. The summed E-state index contributed by atoms with van der Waals surface area (Å²) in [5, 5.41) is 0. The summed E-state index contributed by atoms with van der Waals surface area (Å²) < 4.78 is 12.9. The van der Waals surface area contributed by atoms with E-state index in [4.69, 9.17) is 0 Å². The molecule has 0 aliphatic rings. The fourth-order valence-corrected chi connectivity index (χ4v) is 1.75. The van der Waals surface area contributed by atoms with Crippen molar-refractivity contribution in [2.75, 3.05) is 7.05 Å². The van der Waals surface area contributed by atoms with Gasteiger partial charge in [-0.1, -0.05) is 35.0 Å². The Morgan fingerprint density at radius 1 is 1.56 bits per heavy atom. The summed E-state index contributed by atoms with van der Waals surface area (Å²) in [6.45, 7) is 2.37. The molecule has 1 unspecified atom stereocenters. The molecule has 0 aliphatic heterocycles. The topological polar surface area (TPSA) is 20.3 Å². The van der Waals surface area contributed by atoms with E-state index < -0.39 is 0 Å². The van der Waals surface area contributed by atoms with E-state index in [1.165, 1.54) is 12.1 Å². The van der Waals surface area contributed by atoms with Gasteiger partial charge in [-0.2, -0.15) is 0 Å². The van der Waals surface area contributed by atoms with Crippen molar-refractivity contribution in [3.63, 3.8) is 0 Å². The standard InChI is InChI=1S/C12H15BrFNO/c1-3-11(13)12(16)15(2)8-9-5-4-6-10(14)7-9/h4-7,11H,3,8H2,1-2H3. The van der Waals surface area contributed by atoms with Gasteiger partial charge in [-0.3, -0.25) is 4.79 Å². The van der Waals surface area contributed by atoms with Crippen LogP contribution >= 0.6 is 15.9 Å². The molecule has 4 heteroatoms. The molecule has 1 amide bonds. The lowest BCUT2D eigenvalue weighted by atomic mass is 10.2. The van der Waals surface area contributed by atoms with Crippen molar-refractivity contribution >= 4 is 21.8 Å². The minimum atomic E-state index is -0.274. The van der Waals surface area contributed by atoms with Crippen LogP contribution in [0.2, 0.25) is 0 Å². The molecule has 0 N–H and O–H groups in total. The smallest absolute Gasteiger partial charge is 0.236 e. The Hall–Kier alpha value is -0.900. The summed E-state index contributed by atoms with van der Waals surface area (Å²) in [4.78, 5) is 13.2. The maximum atomic E-state index is 12.9. The molecule has 88 valence electrons. The van der Waals surface area contributed by atoms with E-state index in [1.807, 2.05) is 13.0 Å². The van der Waals surface area contributed by atoms with Crippen molar-refractivity contribution in [1.82, 2.24) is 4.90 Å². The molecule has 1 rings (SSSR count). The summed E-state index contributed by atoms with van der Waals surface area (Å²) in [5.74, 6) is -0.254. The molecule has 0 radical (unpaired) electrons. The Labute approximate surface area is 104 Å². The summed E-state index contributed by atoms with van der Waals surface area (Å²) in [7, 11) is 1.72. The zero-order valence-corrected chi connectivity index (χ0v) is 11.0. The number of nitrogens with zero attached hydrogens (tertiary/aromatic N) is 1. The van der Waals surface area contributed by atoms with Crippen LogP contribution in [0, 0.1) is 5.82 Å². The zero-order valence-electron chi connectivity index (χ0n) is 9.41. The van der Waals surface area contributed by atoms with Crippen molar-refractivity contribution in [2.45, 2.75) is 24.7 Å². The summed E-state index contributed by atoms with van der Waals surface area (Å²) in [6, 6.07) is 6.29. The molecule has 2 nitrogen and oxygen atoms in total. The number of hydrogen-bond acceptors (Lipinski definition) is 1. The number of carbonyl (C=O) groups excluding carboxylic acids is 1. The predicted octanol–water partition coefficient (Wildman–Crippen LogP) is 2.96. The van der Waals surface area contributed by atoms with Crippen molar-refractivity contribution in [1.29, 1.82) is 0 Å². The van der Waals surface area contributed by atoms with Crippen LogP contribution in [-0.4, -0.2) is 22.7 Å². The minimum Gasteiger partial charge on any atom is -0.340 e. The molecule has 0 saturated carbocycles. The fraction of sp³-hybridized carbons (Fsp3) is 0.417. The quantitative estimate of drug-likeness (QED) is 0.780. The molecule has 1 atom stereocenters. The van der Waals surface area contributed by atoms with Crippen LogP contribution in [0.15, 0.2) is 24.3 Å². The minimum absolute atomic E-state index is 0.0201. The molecule has 0 fully saturated rings. The van der Waals surface area contributed by atoms with E-state index in [-0.39, 0.29) is 16.6 Å². The van der Waals surface area contributed by atoms with Crippen LogP contribution in [0.25, 0.3) is 0 Å². The number of amides is 1. The highest BCUT2D eigenvalue weighted by molar-refractivity contribution is 9.10. The Bertz CT molecular complexity index is 370. The van der Waals surface area contributed by atoms with Crippen LogP contribution in [0.4, 0.5) is 4.39 Å². The van der Waals surface area contributed by atoms with Gasteiger partial charge in [-0.05, 0) is 24.1 Å². The van der Waals surface area contributed by atoms with Crippen LogP contribution in [0.3, 0.4) is 0 Å². The monoisotopic (exact) mass is 287 g/mol. The molecule has 0 aliphatic carbocycles. The molecule has 16 heavy (non-hydrogen) atoms. The van der Waals surface area contributed by atoms with E-state index in [2.05, 4.69) is 15.9 Å². The number of carbonyl (C=O) groups is 1. The van der Waals surface area contributed by atoms with E-state index in [0.29, 0.717) is 6.54 Å². The summed E-state index contributed by atoms with van der Waals surface area (Å²) >= 11 is 3.31. The van der Waals surface area contributed by atoms with E-state index in [0.717, 1.165) is 12.0 Å². The lowest BCUT2D eigenvalue weighted by Crippen LogP contribution is -2.32. The second-order valence-electron chi connectivity index (χ2n) is 3.70. The number of alkyl halides is 1. The number of halogens is 2. The first-order valence-corrected chi connectivity index (χ1v) is 6.09. The van der Waals surface area contributed by atoms with Crippen molar-refractivity contribution in [3.05, 3.63) is 35.6 Å². The Balaban J connectivity index is 2.64. The highest BCUT2D eigenvalue weighted by atomic mass is 79.9. The molecule has 0 aromatic heterocycles. The third-order valence-corrected chi connectivity index (χ3v) is 3.35. The maximum absolute atomic E-state index is 12.9. The molecule has 0 saturated heterocycles. The second-order valence-corrected chi connectivity index (χ2v) is 4.81. The summed E-state index contributed by atoms with van der Waals surface area (Å²) in [5.41, 5.74) is 0.798. The fourth-order valence-electron chi connectivity index (χ4n) is 1.40. The predicted molar refractivity (Wildman–Crippen MR) is 65.9 cm³/mol. The number of benzene rings is 1. The van der Waals surface area contributed by atoms with Gasteiger partial charge in [0, 0.05) is 13.6 Å². The third-order valence-electron chi connectivity index (χ3n) is 2.31. The van der Waals surface area contributed by atoms with Gasteiger partial charge >= 0.3 is 0 Å². The van der Waals surface area contributed by atoms with Crippen molar-refractivity contribution < 1.29 is 9.18 Å². The molecular weight excluding hydrogens is 273 g/mol. The summed E-state index contributed by atoms with van der Waals surface area (Å²) in [6.07, 6.45) is 0.742. The van der Waals surface area contributed by atoms with Gasteiger partial charge in [0.15, 0.2) is 0 Å². The van der Waals surface area contributed by atoms with Crippen LogP contribution < -0.4 is 0 Å². The maximum Gasteiger partial charge on any atom is 0.236 e. The molecule has 0 bridgehead atoms. The van der Waals surface area contributed by atoms with Crippen LogP contribution in [-0.2, 0) is 11.3 Å². The van der Waals surface area contributed by atoms with Gasteiger partial charge in [0.1, 0.15) is 5.82 Å². The molecule has 0 heterocycles. The number of rotatable bonds is 4. The van der Waals surface area contributed by atoms with Gasteiger partial charge in [-0.15, -0.1) is 0 Å². The van der Waals surface area contributed by atoms with Crippen molar-refractivity contribution in [3.8, 4) is 0 Å². The molecule has 1 aromatic carbocycles. The van der Waals surface area contributed by atoms with Crippen LogP contribution in [0.1, 0.15) is 18.9 Å². The van der Waals surface area contributed by atoms with E-state index in [9.17, 15) is 9.18 Å². The van der Waals surface area contributed by atoms with E-state index >= 15 is 0 Å². The second kappa shape index (κ2) is 5.99. The molecule has 0 spiro atoms. The normalized spacial score (nSPS) is 12.2. The Morgan fingerprint density at radius 2 is 2.25 bits per heavy atom. The lowest BCUT2D eigenvalue weighted by molar-refractivity contribution is -0.129. The first-order chi connectivity index (χ1) is 7.54. The highest BCUT2D eigenvalue weighted by Gasteiger charge is 2.17. The first-order valence-electron chi connectivity index (χ1n) is 5.18. The van der Waals surface area contributed by atoms with E-state index in [1.54, 1.807) is 18.0 Å². The van der Waals surface area contributed by atoms with Gasteiger partial charge in [0.2, 0.25) is 5.91 Å². The Kier molecular flexibility index (Phi) is 4.93. The van der Waals surface area contributed by atoms with Gasteiger partial charge in [0.05, 0.1) is 4.83 Å². The lowest BCUT2D eigenvalue weighted by Gasteiger charge is -2.19. The van der Waals surface area contributed by atoms with Gasteiger partial charge in [0.25, 0.3) is 0 Å². The molecular formula is C12H15BrFNO. The zero-order chi connectivity index (χ0) is 12.1. The number of hydrogen-bond donors (Lipinski definition) is 0. The average molecular weight is 288 g/mol. The first kappa shape index (κ1) is 13.2. The molecule has 1 aromatic rings. The van der Waals surface area contributed by atoms with Crippen LogP contribution in [0.5, 0.6) is 0 Å². The van der Waals surface area contributed by atoms with Crippen molar-refractivity contribution in [2.24, 2.45) is 0 Å². The Morgan fingerprint density at radius 3 is 2.81 bits per heavy atom. The third kappa shape index (κ3) is 3.59. The van der Waals surface area contributed by atoms with Gasteiger partial charge in [-0.25, -0.2) is 4.39 Å². The largest absolute Gasteiger partial charge is 0.340 e. The average Bonchev–Trinajstić information content (AvgIpc) is 2.27.